The molecule has 8 nitrogen and oxygen atoms in total. The van der Waals surface area contributed by atoms with Gasteiger partial charge in [0, 0.05) is 37.6 Å². The average molecular weight is 480 g/mol. The second kappa shape index (κ2) is 9.06. The van der Waals surface area contributed by atoms with Gasteiger partial charge in [0.05, 0.1) is 34.6 Å². The first kappa shape index (κ1) is 23.7. The molecule has 4 rings (SSSR count). The zero-order chi connectivity index (χ0) is 24.7. The largest absolute Gasteiger partial charge is 0.466 e. The Morgan fingerprint density at radius 3 is 2.44 bits per heavy atom. The number of rotatable bonds is 5. The van der Waals surface area contributed by atoms with Crippen LogP contribution < -0.4 is 19.8 Å². The molecule has 0 spiro atoms. The number of fused-ring (bicyclic) bond motifs is 1. The number of nitrogens with zero attached hydrogens (tertiary/aromatic N) is 5. The highest BCUT2D eigenvalue weighted by Crippen LogP contribution is 2.31. The smallest absolute Gasteiger partial charge is 0.338 e. The molecule has 3 heterocycles. The van der Waals surface area contributed by atoms with Crippen molar-refractivity contribution in [2.24, 2.45) is 4.99 Å². The van der Waals surface area contributed by atoms with Gasteiger partial charge in [-0.1, -0.05) is 23.5 Å². The summed E-state index contributed by atoms with van der Waals surface area (Å²) in [4.78, 5) is 33.7. The summed E-state index contributed by atoms with van der Waals surface area (Å²) in [5.74, 6) is -0.492. The van der Waals surface area contributed by atoms with Crippen molar-refractivity contribution in [2.75, 3.05) is 26.1 Å². The highest BCUT2D eigenvalue weighted by Gasteiger charge is 2.33. The zero-order valence-corrected chi connectivity index (χ0v) is 21.4. The summed E-state index contributed by atoms with van der Waals surface area (Å²) in [5, 5.41) is 4.56. The Morgan fingerprint density at radius 2 is 1.88 bits per heavy atom. The Kier molecular flexibility index (Phi) is 6.31. The van der Waals surface area contributed by atoms with E-state index in [1.165, 1.54) is 18.4 Å². The van der Waals surface area contributed by atoms with Gasteiger partial charge in [-0.15, -0.1) is 0 Å². The van der Waals surface area contributed by atoms with Gasteiger partial charge in [-0.25, -0.2) is 9.79 Å². The molecule has 1 aromatic carbocycles. The van der Waals surface area contributed by atoms with Gasteiger partial charge in [0.2, 0.25) is 0 Å². The number of anilines is 1. The van der Waals surface area contributed by atoms with Crippen molar-refractivity contribution >= 4 is 29.1 Å². The first-order valence-electron chi connectivity index (χ1n) is 11.1. The number of aryl methyl sites for hydroxylation is 2. The number of methoxy groups -OCH3 is 1. The molecular weight excluding hydrogens is 450 g/mol. The van der Waals surface area contributed by atoms with Crippen molar-refractivity contribution in [3.05, 3.63) is 77.7 Å². The molecule has 3 aromatic rings. The molecule has 9 heteroatoms. The van der Waals surface area contributed by atoms with Crippen molar-refractivity contribution in [1.82, 2.24) is 14.3 Å². The van der Waals surface area contributed by atoms with Crippen LogP contribution in [0.4, 0.5) is 5.69 Å². The summed E-state index contributed by atoms with van der Waals surface area (Å²) in [6, 6.07) is 7.21. The fraction of sp³-hybridized carbons (Fsp3) is 0.360. The highest BCUT2D eigenvalue weighted by atomic mass is 32.1. The van der Waals surface area contributed by atoms with E-state index in [0.29, 0.717) is 20.6 Å². The van der Waals surface area contributed by atoms with E-state index in [1.54, 1.807) is 11.5 Å². The molecule has 0 radical (unpaired) electrons. The fourth-order valence-corrected chi connectivity index (χ4v) is 5.35. The Morgan fingerprint density at radius 1 is 1.21 bits per heavy atom. The Labute approximate surface area is 202 Å². The van der Waals surface area contributed by atoms with Crippen LogP contribution in [0.5, 0.6) is 0 Å². The molecule has 2 aromatic heterocycles. The number of benzene rings is 1. The first-order valence-corrected chi connectivity index (χ1v) is 11.9. The first-order chi connectivity index (χ1) is 16.2. The van der Waals surface area contributed by atoms with Crippen LogP contribution in [0.25, 0.3) is 6.08 Å². The van der Waals surface area contributed by atoms with Crippen LogP contribution in [0.15, 0.2) is 45.3 Å². The number of ether oxygens (including phenoxy) is 1. The van der Waals surface area contributed by atoms with Crippen LogP contribution >= 0.6 is 11.3 Å². The lowest BCUT2D eigenvalue weighted by atomic mass is 9.95. The van der Waals surface area contributed by atoms with Gasteiger partial charge in [-0.2, -0.15) is 5.10 Å². The third-order valence-electron chi connectivity index (χ3n) is 6.16. The van der Waals surface area contributed by atoms with Gasteiger partial charge in [-0.05, 0) is 51.5 Å². The molecule has 1 unspecified atom stereocenters. The molecule has 0 aliphatic carbocycles. The summed E-state index contributed by atoms with van der Waals surface area (Å²) < 4.78 is 9.16. The minimum atomic E-state index is -0.623. The van der Waals surface area contributed by atoms with Crippen LogP contribution in [-0.4, -0.2) is 41.5 Å². The summed E-state index contributed by atoms with van der Waals surface area (Å²) in [5.41, 5.74) is 5.37. The normalized spacial score (nSPS) is 15.9. The van der Waals surface area contributed by atoms with E-state index in [9.17, 15) is 9.59 Å². The minimum Gasteiger partial charge on any atom is -0.466 e. The van der Waals surface area contributed by atoms with Crippen LogP contribution in [-0.2, 0) is 16.1 Å². The predicted octanol–water partition coefficient (Wildman–Crippen LogP) is 2.31. The highest BCUT2D eigenvalue weighted by molar-refractivity contribution is 7.07. The van der Waals surface area contributed by atoms with Crippen LogP contribution in [0.2, 0.25) is 0 Å². The van der Waals surface area contributed by atoms with Crippen molar-refractivity contribution in [1.29, 1.82) is 0 Å². The molecule has 0 saturated heterocycles. The summed E-state index contributed by atoms with van der Waals surface area (Å²) in [6.45, 7) is 8.52. The van der Waals surface area contributed by atoms with Crippen molar-refractivity contribution in [2.45, 2.75) is 40.3 Å². The van der Waals surface area contributed by atoms with Gasteiger partial charge >= 0.3 is 5.97 Å². The van der Waals surface area contributed by atoms with Crippen LogP contribution in [0.3, 0.4) is 0 Å². The molecule has 178 valence electrons. The number of aromatic nitrogens is 3. The van der Waals surface area contributed by atoms with E-state index in [1.807, 2.05) is 74.8 Å². The summed E-state index contributed by atoms with van der Waals surface area (Å²) in [6.07, 6.45) is 1.89. The SMILES string of the molecule is CCn1nc(C)c(/C=c2/sc3n(c2=O)C(c2ccc(N(C)C)cc2)C(C(=O)OC)=C(C)N=3)c1C. The lowest BCUT2D eigenvalue weighted by molar-refractivity contribution is -0.136. The Balaban J connectivity index is 1.96. The number of hydrogen-bond acceptors (Lipinski definition) is 7. The number of carbonyl (C=O) groups is 1. The summed E-state index contributed by atoms with van der Waals surface area (Å²) in [7, 11) is 5.27. The van der Waals surface area contributed by atoms with Crippen molar-refractivity contribution in [3.63, 3.8) is 0 Å². The number of hydrogen-bond donors (Lipinski definition) is 0. The molecule has 1 aliphatic rings. The number of allylic oxidation sites excluding steroid dienone is 1. The second-order valence-corrected chi connectivity index (χ2v) is 9.47. The zero-order valence-electron chi connectivity index (χ0n) is 20.5. The van der Waals surface area contributed by atoms with Crippen molar-refractivity contribution in [3.8, 4) is 0 Å². The fourth-order valence-electron chi connectivity index (χ4n) is 4.32. The maximum Gasteiger partial charge on any atom is 0.338 e. The number of thiazole rings is 1. The minimum absolute atomic E-state index is 0.192. The maximum atomic E-state index is 13.7. The lowest BCUT2D eigenvalue weighted by Crippen LogP contribution is -2.39. The molecule has 0 saturated carbocycles. The molecule has 0 amide bonds. The Hall–Kier alpha value is -3.46. The maximum absolute atomic E-state index is 13.7. The van der Waals surface area contributed by atoms with Gasteiger partial charge in [0.15, 0.2) is 4.80 Å². The molecular formula is C25H29N5O3S. The van der Waals surface area contributed by atoms with E-state index < -0.39 is 12.0 Å². The standard InChI is InChI=1S/C25H29N5O3S/c1-8-29-16(4)19(14(2)27-29)13-20-23(31)30-22(17-9-11-18(12-10-17)28(5)6)21(24(32)33-7)15(3)26-25(30)34-20/h9-13,22H,8H2,1-7H3/b20-13+. The van der Waals surface area contributed by atoms with Crippen LogP contribution in [0, 0.1) is 13.8 Å². The quantitative estimate of drug-likeness (QED) is 0.525. The van der Waals surface area contributed by atoms with E-state index in [-0.39, 0.29) is 5.56 Å². The predicted molar refractivity (Wildman–Crippen MR) is 134 cm³/mol. The number of carbonyl (C=O) groups excluding carboxylic acids is 1. The third kappa shape index (κ3) is 3.90. The van der Waals surface area contributed by atoms with Gasteiger partial charge in [0.1, 0.15) is 0 Å². The van der Waals surface area contributed by atoms with E-state index >= 15 is 0 Å². The topological polar surface area (TPSA) is 81.7 Å². The molecule has 1 aliphatic heterocycles. The van der Waals surface area contributed by atoms with E-state index in [4.69, 9.17) is 4.74 Å². The van der Waals surface area contributed by atoms with Gasteiger partial charge in [-0.3, -0.25) is 14.0 Å². The van der Waals surface area contributed by atoms with Crippen molar-refractivity contribution < 1.29 is 9.53 Å². The lowest BCUT2D eigenvalue weighted by Gasteiger charge is -2.25. The van der Waals surface area contributed by atoms with Crippen LogP contribution in [0.1, 0.15) is 42.4 Å². The number of esters is 1. The molecule has 0 fully saturated rings. The summed E-state index contributed by atoms with van der Waals surface area (Å²) >= 11 is 1.32. The monoisotopic (exact) mass is 479 g/mol. The molecule has 34 heavy (non-hydrogen) atoms. The molecule has 0 N–H and O–H groups in total. The Bertz CT molecular complexity index is 1470. The third-order valence-corrected chi connectivity index (χ3v) is 7.15. The van der Waals surface area contributed by atoms with E-state index in [2.05, 4.69) is 10.1 Å². The second-order valence-electron chi connectivity index (χ2n) is 8.46. The van der Waals surface area contributed by atoms with Gasteiger partial charge in [0.25, 0.3) is 5.56 Å². The molecule has 1 atom stereocenters. The van der Waals surface area contributed by atoms with E-state index in [0.717, 1.165) is 34.7 Å². The van der Waals surface area contributed by atoms with Gasteiger partial charge < -0.3 is 9.64 Å². The average Bonchev–Trinajstić information content (AvgIpc) is 3.27. The molecule has 0 bridgehead atoms.